The van der Waals surface area contributed by atoms with Crippen LogP contribution in [0.2, 0.25) is 0 Å². The number of carbonyl (C=O) groups excluding carboxylic acids is 1. The van der Waals surface area contributed by atoms with E-state index in [1.807, 2.05) is 6.08 Å². The molecule has 1 amide bonds. The number of likely N-dealkylation sites (tertiary alicyclic amines) is 1. The minimum Gasteiger partial charge on any atom is -0.379 e. The number of ether oxygens (including phenoxy) is 1. The molecule has 2 fully saturated rings. The molecule has 4 nitrogen and oxygen atoms in total. The zero-order valence-corrected chi connectivity index (χ0v) is 15.5. The maximum atomic E-state index is 12.8. The molecule has 4 heteroatoms. The highest BCUT2D eigenvalue weighted by molar-refractivity contribution is 5.92. The highest BCUT2D eigenvalue weighted by atomic mass is 16.5. The molecule has 0 N–H and O–H groups in total. The van der Waals surface area contributed by atoms with Gasteiger partial charge in [-0.3, -0.25) is 9.69 Å². The fraction of sp³-hybridized carbons (Fsp3) is 0.571. The molecule has 1 aromatic rings. The number of piperidine rings is 1. The van der Waals surface area contributed by atoms with Crippen LogP contribution in [0.25, 0.3) is 6.08 Å². The molecule has 0 saturated carbocycles. The summed E-state index contributed by atoms with van der Waals surface area (Å²) in [6, 6.07) is 6.68. The van der Waals surface area contributed by atoms with Crippen LogP contribution in [0.15, 0.2) is 24.3 Å². The Balaban J connectivity index is 1.64. The molecular weight excluding hydrogens is 312 g/mol. The van der Waals surface area contributed by atoms with Crippen molar-refractivity contribution in [2.75, 3.05) is 39.4 Å². The number of rotatable bonds is 4. The largest absolute Gasteiger partial charge is 0.379 e. The monoisotopic (exact) mass is 342 g/mol. The first-order valence-electron chi connectivity index (χ1n) is 9.49. The van der Waals surface area contributed by atoms with Gasteiger partial charge in [0.05, 0.1) is 13.2 Å². The third-order valence-electron chi connectivity index (χ3n) is 5.31. The molecule has 0 aromatic heterocycles. The van der Waals surface area contributed by atoms with Gasteiger partial charge in [0.1, 0.15) is 0 Å². The molecule has 136 valence electrons. The van der Waals surface area contributed by atoms with E-state index in [-0.39, 0.29) is 5.91 Å². The first kappa shape index (κ1) is 18.2. The minimum absolute atomic E-state index is 0.151. The van der Waals surface area contributed by atoms with Crippen molar-refractivity contribution < 1.29 is 9.53 Å². The van der Waals surface area contributed by atoms with Crippen LogP contribution in [0.4, 0.5) is 0 Å². The molecule has 1 unspecified atom stereocenters. The number of morpholine rings is 1. The van der Waals surface area contributed by atoms with Gasteiger partial charge in [-0.25, -0.2) is 0 Å². The Kier molecular flexibility index (Phi) is 6.27. The van der Waals surface area contributed by atoms with E-state index in [1.54, 1.807) is 6.08 Å². The molecule has 2 saturated heterocycles. The topological polar surface area (TPSA) is 32.8 Å². The zero-order chi connectivity index (χ0) is 17.6. The van der Waals surface area contributed by atoms with E-state index >= 15 is 0 Å². The first-order valence-corrected chi connectivity index (χ1v) is 9.49. The van der Waals surface area contributed by atoms with E-state index < -0.39 is 0 Å². The van der Waals surface area contributed by atoms with Gasteiger partial charge in [0.2, 0.25) is 5.91 Å². The van der Waals surface area contributed by atoms with Crippen molar-refractivity contribution in [3.8, 4) is 0 Å². The summed E-state index contributed by atoms with van der Waals surface area (Å²) >= 11 is 0. The van der Waals surface area contributed by atoms with Crippen molar-refractivity contribution in [2.24, 2.45) is 0 Å². The van der Waals surface area contributed by atoms with Crippen molar-refractivity contribution in [3.05, 3.63) is 41.0 Å². The molecule has 1 atom stereocenters. The van der Waals surface area contributed by atoms with Crippen LogP contribution in [0.3, 0.4) is 0 Å². The molecule has 0 radical (unpaired) electrons. The first-order chi connectivity index (χ1) is 12.1. The van der Waals surface area contributed by atoms with E-state index in [0.717, 1.165) is 57.8 Å². The average Bonchev–Trinajstić information content (AvgIpc) is 2.62. The molecular formula is C21H30N2O2. The van der Waals surface area contributed by atoms with Crippen molar-refractivity contribution in [1.29, 1.82) is 0 Å². The average molecular weight is 342 g/mol. The molecule has 2 aliphatic rings. The van der Waals surface area contributed by atoms with Gasteiger partial charge >= 0.3 is 0 Å². The smallest absolute Gasteiger partial charge is 0.246 e. The van der Waals surface area contributed by atoms with Crippen molar-refractivity contribution in [1.82, 2.24) is 9.80 Å². The van der Waals surface area contributed by atoms with E-state index in [4.69, 9.17) is 4.74 Å². The Bertz CT molecular complexity index is 620. The summed E-state index contributed by atoms with van der Waals surface area (Å²) in [5, 5.41) is 0. The number of hydrogen-bond donors (Lipinski definition) is 0. The summed E-state index contributed by atoms with van der Waals surface area (Å²) in [4.78, 5) is 17.3. The fourth-order valence-corrected chi connectivity index (χ4v) is 3.83. The second-order valence-electron chi connectivity index (χ2n) is 7.29. The molecule has 0 bridgehead atoms. The van der Waals surface area contributed by atoms with Crippen LogP contribution in [0.1, 0.15) is 36.0 Å². The van der Waals surface area contributed by atoms with Crippen LogP contribution >= 0.6 is 0 Å². The van der Waals surface area contributed by atoms with Crippen LogP contribution in [0, 0.1) is 13.8 Å². The number of carbonyl (C=O) groups is 1. The number of amides is 1. The second-order valence-corrected chi connectivity index (χ2v) is 7.29. The lowest BCUT2D eigenvalue weighted by Crippen LogP contribution is -2.51. The van der Waals surface area contributed by atoms with Crippen LogP contribution < -0.4 is 0 Å². The Morgan fingerprint density at radius 3 is 2.76 bits per heavy atom. The van der Waals surface area contributed by atoms with E-state index in [0.29, 0.717) is 6.04 Å². The van der Waals surface area contributed by atoms with Crippen molar-refractivity contribution in [3.63, 3.8) is 0 Å². The second kappa shape index (κ2) is 8.63. The Hall–Kier alpha value is -1.65. The van der Waals surface area contributed by atoms with Gasteiger partial charge in [0.25, 0.3) is 0 Å². The summed E-state index contributed by atoms with van der Waals surface area (Å²) < 4.78 is 5.44. The maximum Gasteiger partial charge on any atom is 0.246 e. The normalized spacial score (nSPS) is 22.5. The molecule has 0 spiro atoms. The predicted octanol–water partition coefficient (Wildman–Crippen LogP) is 3.03. The summed E-state index contributed by atoms with van der Waals surface area (Å²) in [5.74, 6) is 0.151. The van der Waals surface area contributed by atoms with Gasteiger partial charge in [0, 0.05) is 38.3 Å². The van der Waals surface area contributed by atoms with Crippen LogP contribution in [-0.2, 0) is 9.53 Å². The number of nitrogens with zero attached hydrogens (tertiary/aromatic N) is 2. The molecule has 2 aliphatic heterocycles. The summed E-state index contributed by atoms with van der Waals surface area (Å²) in [6.45, 7) is 9.64. The van der Waals surface area contributed by atoms with Crippen molar-refractivity contribution in [2.45, 2.75) is 39.2 Å². The minimum atomic E-state index is 0.151. The van der Waals surface area contributed by atoms with Gasteiger partial charge in [-0.15, -0.1) is 0 Å². The lowest BCUT2D eigenvalue weighted by molar-refractivity contribution is -0.130. The van der Waals surface area contributed by atoms with Crippen LogP contribution in [0.5, 0.6) is 0 Å². The van der Waals surface area contributed by atoms with Gasteiger partial charge in [0.15, 0.2) is 0 Å². The highest BCUT2D eigenvalue weighted by Crippen LogP contribution is 2.20. The maximum absolute atomic E-state index is 12.8. The van der Waals surface area contributed by atoms with Crippen LogP contribution in [-0.4, -0.2) is 61.1 Å². The van der Waals surface area contributed by atoms with Gasteiger partial charge < -0.3 is 9.64 Å². The third kappa shape index (κ3) is 4.93. The number of benzene rings is 1. The van der Waals surface area contributed by atoms with Gasteiger partial charge in [-0.1, -0.05) is 23.8 Å². The van der Waals surface area contributed by atoms with E-state index in [9.17, 15) is 4.79 Å². The van der Waals surface area contributed by atoms with E-state index in [2.05, 4.69) is 41.8 Å². The molecule has 25 heavy (non-hydrogen) atoms. The molecule has 3 rings (SSSR count). The fourth-order valence-electron chi connectivity index (χ4n) is 3.83. The Morgan fingerprint density at radius 2 is 2.00 bits per heavy atom. The number of hydrogen-bond acceptors (Lipinski definition) is 3. The lowest BCUT2D eigenvalue weighted by Gasteiger charge is -2.39. The lowest BCUT2D eigenvalue weighted by atomic mass is 10.0. The quantitative estimate of drug-likeness (QED) is 0.789. The Morgan fingerprint density at radius 1 is 1.20 bits per heavy atom. The Labute approximate surface area is 151 Å². The zero-order valence-electron chi connectivity index (χ0n) is 15.5. The third-order valence-corrected chi connectivity index (χ3v) is 5.31. The molecule has 1 aromatic carbocycles. The van der Waals surface area contributed by atoms with Gasteiger partial charge in [-0.2, -0.15) is 0 Å². The van der Waals surface area contributed by atoms with Crippen molar-refractivity contribution >= 4 is 12.0 Å². The predicted molar refractivity (Wildman–Crippen MR) is 102 cm³/mol. The van der Waals surface area contributed by atoms with Gasteiger partial charge in [-0.05, 0) is 50.3 Å². The summed E-state index contributed by atoms with van der Waals surface area (Å²) in [7, 11) is 0. The molecule has 2 heterocycles. The summed E-state index contributed by atoms with van der Waals surface area (Å²) in [6.07, 6.45) is 7.18. The molecule has 0 aliphatic carbocycles. The highest BCUT2D eigenvalue weighted by Gasteiger charge is 2.27. The number of aryl methyl sites for hydroxylation is 2. The van der Waals surface area contributed by atoms with E-state index in [1.165, 1.54) is 17.5 Å². The standard InChI is InChI=1S/C21H30N2O2/c1-17-6-7-19(18(2)15-17)8-9-21(24)23-10-4-3-5-20(23)16-22-11-13-25-14-12-22/h6-9,15,20H,3-5,10-14,16H2,1-2H3/b9-8+. The SMILES string of the molecule is Cc1ccc(/C=C/C(=O)N2CCCCC2CN2CCOCC2)c(C)c1. The summed E-state index contributed by atoms with van der Waals surface area (Å²) in [5.41, 5.74) is 3.59.